The summed E-state index contributed by atoms with van der Waals surface area (Å²) in [6.07, 6.45) is 5.47. The number of ether oxygens (including phenoxy) is 1. The number of pyridine rings is 1. The van der Waals surface area contributed by atoms with Crippen molar-refractivity contribution in [1.82, 2.24) is 4.98 Å². The van der Waals surface area contributed by atoms with E-state index >= 15 is 0 Å². The summed E-state index contributed by atoms with van der Waals surface area (Å²) in [5, 5.41) is 0. The van der Waals surface area contributed by atoms with E-state index in [1.165, 1.54) is 0 Å². The fourth-order valence-corrected chi connectivity index (χ4v) is 3.45. The topological polar surface area (TPSA) is 86.5 Å². The molecule has 0 saturated carbocycles. The van der Waals surface area contributed by atoms with Crippen LogP contribution >= 0.6 is 0 Å². The zero-order chi connectivity index (χ0) is 24.5. The van der Waals surface area contributed by atoms with Gasteiger partial charge in [-0.05, 0) is 44.0 Å². The SMILES string of the molecule is C=C(/C=C(\N=C(\C)C(C)CC)c1ccccc1)Oc1cc(N)ccc1-c1ccc(CCN)nc1. The van der Waals surface area contributed by atoms with Gasteiger partial charge >= 0.3 is 0 Å². The van der Waals surface area contributed by atoms with E-state index in [2.05, 4.69) is 32.3 Å². The van der Waals surface area contributed by atoms with Crippen molar-refractivity contribution >= 4 is 17.1 Å². The van der Waals surface area contributed by atoms with Crippen LogP contribution in [0, 0.1) is 5.92 Å². The first-order valence-corrected chi connectivity index (χ1v) is 11.6. The molecule has 0 bridgehead atoms. The summed E-state index contributed by atoms with van der Waals surface area (Å²) < 4.78 is 6.21. The van der Waals surface area contributed by atoms with Gasteiger partial charge in [0.1, 0.15) is 11.5 Å². The third kappa shape index (κ3) is 6.65. The maximum absolute atomic E-state index is 6.21. The van der Waals surface area contributed by atoms with E-state index in [1.54, 1.807) is 6.07 Å². The van der Waals surface area contributed by atoms with Crippen LogP contribution in [0.15, 0.2) is 90.3 Å². The average molecular weight is 455 g/mol. The lowest BCUT2D eigenvalue weighted by molar-refractivity contribution is 0.449. The molecule has 1 aromatic heterocycles. The Kier molecular flexibility index (Phi) is 8.77. The lowest BCUT2D eigenvalue weighted by atomic mass is 10.0. The van der Waals surface area contributed by atoms with Gasteiger partial charge in [-0.3, -0.25) is 9.98 Å². The molecule has 5 heteroatoms. The standard InChI is InChI=1S/C29H34N4O/c1-5-20(2)22(4)33-28(23-9-7-6-8-10-23)17-21(3)34-29-18-25(31)12-14-27(29)24-11-13-26(15-16-30)32-19-24/h6-14,17-20H,3,5,15-16,30-31H2,1-2,4H3/b28-17-,33-22-. The smallest absolute Gasteiger partial charge is 0.137 e. The van der Waals surface area contributed by atoms with Crippen LogP contribution < -0.4 is 16.2 Å². The van der Waals surface area contributed by atoms with Gasteiger partial charge in [0, 0.05) is 58.5 Å². The maximum Gasteiger partial charge on any atom is 0.137 e. The minimum Gasteiger partial charge on any atom is -0.457 e. The Bertz CT molecular complexity index is 1160. The van der Waals surface area contributed by atoms with Gasteiger partial charge < -0.3 is 16.2 Å². The average Bonchev–Trinajstić information content (AvgIpc) is 2.84. The van der Waals surface area contributed by atoms with Crippen LogP contribution in [-0.2, 0) is 6.42 Å². The number of rotatable bonds is 10. The second kappa shape index (κ2) is 12.0. The molecule has 1 heterocycles. The first-order chi connectivity index (χ1) is 16.4. The second-order valence-corrected chi connectivity index (χ2v) is 8.36. The van der Waals surface area contributed by atoms with Crippen molar-refractivity contribution in [3.8, 4) is 16.9 Å². The molecule has 0 aliphatic rings. The van der Waals surface area contributed by atoms with E-state index in [-0.39, 0.29) is 0 Å². The summed E-state index contributed by atoms with van der Waals surface area (Å²) >= 11 is 0. The van der Waals surface area contributed by atoms with Crippen molar-refractivity contribution < 1.29 is 4.74 Å². The lowest BCUT2D eigenvalue weighted by Crippen LogP contribution is -2.06. The van der Waals surface area contributed by atoms with Crippen molar-refractivity contribution in [1.29, 1.82) is 0 Å². The summed E-state index contributed by atoms with van der Waals surface area (Å²) in [5.74, 6) is 1.47. The van der Waals surface area contributed by atoms with E-state index < -0.39 is 0 Å². The largest absolute Gasteiger partial charge is 0.457 e. The highest BCUT2D eigenvalue weighted by atomic mass is 16.5. The molecular formula is C29H34N4O. The maximum atomic E-state index is 6.21. The molecule has 2 aromatic carbocycles. The number of nitrogens with two attached hydrogens (primary N) is 2. The fourth-order valence-electron chi connectivity index (χ4n) is 3.45. The molecule has 1 unspecified atom stereocenters. The third-order valence-electron chi connectivity index (χ3n) is 5.77. The highest BCUT2D eigenvalue weighted by Crippen LogP contribution is 2.33. The number of allylic oxidation sites excluding steroid dienone is 1. The van der Waals surface area contributed by atoms with E-state index in [1.807, 2.05) is 66.9 Å². The minimum atomic E-state index is 0.386. The summed E-state index contributed by atoms with van der Waals surface area (Å²) in [6.45, 7) is 11.1. The van der Waals surface area contributed by atoms with Crippen LogP contribution in [-0.4, -0.2) is 17.2 Å². The summed E-state index contributed by atoms with van der Waals surface area (Å²) in [7, 11) is 0. The highest BCUT2D eigenvalue weighted by Gasteiger charge is 2.11. The van der Waals surface area contributed by atoms with E-state index in [0.717, 1.165) is 46.6 Å². The van der Waals surface area contributed by atoms with E-state index in [9.17, 15) is 0 Å². The number of benzene rings is 2. The van der Waals surface area contributed by atoms with E-state index in [4.69, 9.17) is 21.2 Å². The number of hydrogen-bond donors (Lipinski definition) is 2. The molecule has 3 rings (SSSR count). The van der Waals surface area contributed by atoms with Crippen LogP contribution in [0.5, 0.6) is 5.75 Å². The Morgan fingerprint density at radius 1 is 1.15 bits per heavy atom. The van der Waals surface area contributed by atoms with Crippen molar-refractivity contribution in [3.05, 3.63) is 96.5 Å². The minimum absolute atomic E-state index is 0.386. The molecule has 34 heavy (non-hydrogen) atoms. The predicted molar refractivity (Wildman–Crippen MR) is 144 cm³/mol. The Hall–Kier alpha value is -3.70. The Labute approximate surface area is 202 Å². The number of anilines is 1. The number of aliphatic imine (C=N–C) groups is 1. The van der Waals surface area contributed by atoms with Gasteiger partial charge in [-0.15, -0.1) is 0 Å². The number of aromatic nitrogens is 1. The quantitative estimate of drug-likeness (QED) is 0.163. The number of nitrogens with zero attached hydrogens (tertiary/aromatic N) is 2. The summed E-state index contributed by atoms with van der Waals surface area (Å²) in [5.41, 5.74) is 18.0. The molecule has 3 aromatic rings. The molecular weight excluding hydrogens is 420 g/mol. The van der Waals surface area contributed by atoms with Crippen LogP contribution in [0.2, 0.25) is 0 Å². The van der Waals surface area contributed by atoms with Crippen LogP contribution in [0.4, 0.5) is 5.69 Å². The molecule has 0 radical (unpaired) electrons. The Morgan fingerprint density at radius 2 is 1.91 bits per heavy atom. The Morgan fingerprint density at radius 3 is 2.56 bits per heavy atom. The molecule has 0 aliphatic carbocycles. The second-order valence-electron chi connectivity index (χ2n) is 8.36. The normalized spacial score (nSPS) is 12.9. The van der Waals surface area contributed by atoms with Crippen molar-refractivity contribution in [3.63, 3.8) is 0 Å². The molecule has 0 amide bonds. The monoisotopic (exact) mass is 454 g/mol. The molecule has 0 saturated heterocycles. The summed E-state index contributed by atoms with van der Waals surface area (Å²) in [4.78, 5) is 9.43. The highest BCUT2D eigenvalue weighted by molar-refractivity contribution is 5.90. The predicted octanol–water partition coefficient (Wildman–Crippen LogP) is 6.27. The molecule has 0 spiro atoms. The van der Waals surface area contributed by atoms with Crippen molar-refractivity contribution in [2.24, 2.45) is 16.6 Å². The van der Waals surface area contributed by atoms with Crippen molar-refractivity contribution in [2.45, 2.75) is 33.6 Å². The van der Waals surface area contributed by atoms with Crippen LogP contribution in [0.1, 0.15) is 38.4 Å². The fraction of sp³-hybridized carbons (Fsp3) is 0.241. The molecule has 4 N–H and O–H groups in total. The van der Waals surface area contributed by atoms with Crippen LogP contribution in [0.25, 0.3) is 16.8 Å². The molecule has 176 valence electrons. The molecule has 0 aliphatic heterocycles. The zero-order valence-electron chi connectivity index (χ0n) is 20.3. The van der Waals surface area contributed by atoms with Crippen molar-refractivity contribution in [2.75, 3.05) is 12.3 Å². The molecule has 0 fully saturated rings. The molecule has 1 atom stereocenters. The zero-order valence-corrected chi connectivity index (χ0v) is 20.3. The Balaban J connectivity index is 1.94. The number of hydrogen-bond acceptors (Lipinski definition) is 5. The van der Waals surface area contributed by atoms with Gasteiger partial charge in [0.2, 0.25) is 0 Å². The van der Waals surface area contributed by atoms with Crippen LogP contribution in [0.3, 0.4) is 0 Å². The summed E-state index contributed by atoms with van der Waals surface area (Å²) in [6, 6.07) is 19.6. The first kappa shape index (κ1) is 24.9. The number of nitrogen functional groups attached to an aromatic ring is 1. The van der Waals surface area contributed by atoms with Gasteiger partial charge in [-0.2, -0.15) is 0 Å². The van der Waals surface area contributed by atoms with Gasteiger partial charge in [-0.1, -0.05) is 56.8 Å². The van der Waals surface area contributed by atoms with Gasteiger partial charge in [0.05, 0.1) is 5.70 Å². The lowest BCUT2D eigenvalue weighted by Gasteiger charge is -2.14. The first-order valence-electron chi connectivity index (χ1n) is 11.6. The third-order valence-corrected chi connectivity index (χ3v) is 5.77. The molecule has 5 nitrogen and oxygen atoms in total. The van der Waals surface area contributed by atoms with E-state index in [0.29, 0.717) is 29.7 Å². The van der Waals surface area contributed by atoms with Gasteiger partial charge in [0.25, 0.3) is 0 Å². The van der Waals surface area contributed by atoms with Gasteiger partial charge in [0.15, 0.2) is 0 Å². The van der Waals surface area contributed by atoms with Gasteiger partial charge in [-0.25, -0.2) is 0 Å².